The molecule has 0 N–H and O–H groups in total. The number of aromatic nitrogens is 1. The van der Waals surface area contributed by atoms with Crippen LogP contribution in [0, 0.1) is 0 Å². The fourth-order valence-corrected chi connectivity index (χ4v) is 9.23. The van der Waals surface area contributed by atoms with Gasteiger partial charge in [0.2, 0.25) is 0 Å². The Morgan fingerprint density at radius 3 is 1.56 bits per heavy atom. The Kier molecular flexibility index (Phi) is 8.04. The van der Waals surface area contributed by atoms with Gasteiger partial charge in [0.05, 0.1) is 10.2 Å². The molecular weight excluding hydrogens is 685 g/mol. The molecule has 10 rings (SSSR count). The third-order valence-electron chi connectivity index (χ3n) is 11.1. The van der Waals surface area contributed by atoms with Gasteiger partial charge >= 0.3 is 0 Å². The van der Waals surface area contributed by atoms with Gasteiger partial charge < -0.3 is 4.90 Å². The molecule has 0 saturated carbocycles. The molecule has 9 aromatic rings. The molecule has 0 bridgehead atoms. The van der Waals surface area contributed by atoms with E-state index in [1.807, 2.05) is 0 Å². The van der Waals surface area contributed by atoms with Crippen molar-refractivity contribution < 1.29 is 0 Å². The van der Waals surface area contributed by atoms with E-state index in [1.165, 1.54) is 55.6 Å². The van der Waals surface area contributed by atoms with Gasteiger partial charge in [-0.05, 0) is 104 Å². The van der Waals surface area contributed by atoms with Gasteiger partial charge in [-0.2, -0.15) is 0 Å². The molecule has 1 aliphatic carbocycles. The van der Waals surface area contributed by atoms with Gasteiger partial charge in [-0.3, -0.25) is 0 Å². The van der Waals surface area contributed by atoms with Gasteiger partial charge in [-0.1, -0.05) is 159 Å². The number of benzene rings is 8. The summed E-state index contributed by atoms with van der Waals surface area (Å²) in [4.78, 5) is 7.56. The van der Waals surface area contributed by atoms with E-state index in [1.54, 1.807) is 11.3 Å². The number of thiazole rings is 1. The summed E-state index contributed by atoms with van der Waals surface area (Å²) in [5.41, 5.74) is 17.9. The van der Waals surface area contributed by atoms with E-state index >= 15 is 0 Å². The standard InChI is InChI=1S/C52H38N2S/c1-52(2)47-21-13-12-20-45(47)46-28-26-42(33-48(46)52)54(44-31-40(36-16-8-4-9-17-36)30-41(32-44)37-18-10-5-11-19-37)43-27-29-49-50(34-43)55-51(53-49)39-24-22-38(23-25-39)35-14-6-3-7-15-35/h3-34H,1-2H3. The molecule has 1 aliphatic rings. The van der Waals surface area contributed by atoms with Crippen molar-refractivity contribution in [2.45, 2.75) is 19.3 Å². The van der Waals surface area contributed by atoms with E-state index in [0.717, 1.165) is 37.8 Å². The monoisotopic (exact) mass is 722 g/mol. The largest absolute Gasteiger partial charge is 0.310 e. The highest BCUT2D eigenvalue weighted by atomic mass is 32.1. The Morgan fingerprint density at radius 1 is 0.400 bits per heavy atom. The Labute approximate surface area is 326 Å². The lowest BCUT2D eigenvalue weighted by Gasteiger charge is -2.29. The maximum atomic E-state index is 5.13. The van der Waals surface area contributed by atoms with Crippen LogP contribution < -0.4 is 4.90 Å². The van der Waals surface area contributed by atoms with Crippen molar-refractivity contribution in [1.82, 2.24) is 4.98 Å². The van der Waals surface area contributed by atoms with Crippen LogP contribution in [0.15, 0.2) is 194 Å². The molecule has 1 heterocycles. The third-order valence-corrected chi connectivity index (χ3v) is 12.2. The Bertz CT molecular complexity index is 2760. The SMILES string of the molecule is CC1(C)c2ccccc2-c2ccc(N(c3cc(-c4ccccc4)cc(-c4ccccc4)c3)c3ccc4nc(-c5ccc(-c6ccccc6)cc5)sc4c3)cc21. The molecule has 0 radical (unpaired) electrons. The number of hydrogen-bond acceptors (Lipinski definition) is 3. The molecule has 0 saturated heterocycles. The van der Waals surface area contributed by atoms with Crippen LogP contribution in [-0.4, -0.2) is 4.98 Å². The zero-order valence-electron chi connectivity index (χ0n) is 30.8. The van der Waals surface area contributed by atoms with Crippen molar-refractivity contribution >= 4 is 38.6 Å². The maximum absolute atomic E-state index is 5.13. The van der Waals surface area contributed by atoms with Gasteiger partial charge in [-0.25, -0.2) is 4.98 Å². The van der Waals surface area contributed by atoms with Gasteiger partial charge in [0.1, 0.15) is 5.01 Å². The lowest BCUT2D eigenvalue weighted by molar-refractivity contribution is 0.660. The predicted molar refractivity (Wildman–Crippen MR) is 234 cm³/mol. The zero-order chi connectivity index (χ0) is 36.9. The first-order valence-electron chi connectivity index (χ1n) is 18.9. The molecule has 2 nitrogen and oxygen atoms in total. The molecule has 0 spiro atoms. The smallest absolute Gasteiger partial charge is 0.124 e. The fraction of sp³-hybridized carbons (Fsp3) is 0.0577. The summed E-state index contributed by atoms with van der Waals surface area (Å²) in [5.74, 6) is 0. The minimum absolute atomic E-state index is 0.124. The normalized spacial score (nSPS) is 12.7. The summed E-state index contributed by atoms with van der Waals surface area (Å²) in [5, 5.41) is 1.02. The molecule has 8 aromatic carbocycles. The first-order valence-corrected chi connectivity index (χ1v) is 19.7. The molecule has 1 aromatic heterocycles. The molecule has 0 amide bonds. The Hall–Kier alpha value is -6.55. The van der Waals surface area contributed by atoms with Crippen LogP contribution in [0.2, 0.25) is 0 Å². The summed E-state index contributed by atoms with van der Waals surface area (Å²) in [6, 6.07) is 70.4. The first kappa shape index (κ1) is 33.1. The Morgan fingerprint density at radius 2 is 0.909 bits per heavy atom. The van der Waals surface area contributed by atoms with Crippen molar-refractivity contribution in [3.8, 4) is 55.1 Å². The summed E-state index contributed by atoms with van der Waals surface area (Å²) < 4.78 is 1.15. The Balaban J connectivity index is 1.14. The number of fused-ring (bicyclic) bond motifs is 4. The van der Waals surface area contributed by atoms with E-state index in [4.69, 9.17) is 4.98 Å². The lowest BCUT2D eigenvalue weighted by atomic mass is 9.82. The number of anilines is 3. The van der Waals surface area contributed by atoms with E-state index in [9.17, 15) is 0 Å². The molecule has 3 heteroatoms. The molecule has 0 unspecified atom stereocenters. The van der Waals surface area contributed by atoms with Crippen molar-refractivity contribution in [2.24, 2.45) is 0 Å². The van der Waals surface area contributed by atoms with Crippen molar-refractivity contribution in [3.05, 3.63) is 205 Å². The molecule has 0 aliphatic heterocycles. The quantitative estimate of drug-likeness (QED) is 0.163. The minimum Gasteiger partial charge on any atom is -0.310 e. The van der Waals surface area contributed by atoms with Gasteiger partial charge in [-0.15, -0.1) is 11.3 Å². The van der Waals surface area contributed by atoms with E-state index in [2.05, 4.69) is 213 Å². The van der Waals surface area contributed by atoms with E-state index in [-0.39, 0.29) is 5.41 Å². The van der Waals surface area contributed by atoms with E-state index < -0.39 is 0 Å². The van der Waals surface area contributed by atoms with E-state index in [0.29, 0.717) is 0 Å². The number of hydrogen-bond donors (Lipinski definition) is 0. The topological polar surface area (TPSA) is 16.1 Å². The summed E-state index contributed by atoms with van der Waals surface area (Å²) in [6.45, 7) is 4.71. The van der Waals surface area contributed by atoms with Gasteiger partial charge in [0.15, 0.2) is 0 Å². The molecular formula is C52H38N2S. The first-order chi connectivity index (χ1) is 27.0. The van der Waals surface area contributed by atoms with Crippen LogP contribution in [0.1, 0.15) is 25.0 Å². The number of rotatable bonds is 7. The fourth-order valence-electron chi connectivity index (χ4n) is 8.23. The van der Waals surface area contributed by atoms with Crippen LogP contribution >= 0.6 is 11.3 Å². The molecule has 0 atom stereocenters. The maximum Gasteiger partial charge on any atom is 0.124 e. The predicted octanol–water partition coefficient (Wildman–Crippen LogP) is 14.7. The highest BCUT2D eigenvalue weighted by Gasteiger charge is 2.35. The second-order valence-corrected chi connectivity index (χ2v) is 15.9. The molecule has 55 heavy (non-hydrogen) atoms. The average molecular weight is 723 g/mol. The summed E-state index contributed by atoms with van der Waals surface area (Å²) >= 11 is 1.75. The minimum atomic E-state index is -0.124. The van der Waals surface area contributed by atoms with Gasteiger partial charge in [0, 0.05) is 28.0 Å². The highest BCUT2D eigenvalue weighted by molar-refractivity contribution is 7.21. The third kappa shape index (κ3) is 5.94. The molecule has 262 valence electrons. The second kappa shape index (κ2) is 13.4. The van der Waals surface area contributed by atoms with Crippen molar-refractivity contribution in [2.75, 3.05) is 4.90 Å². The summed E-state index contributed by atoms with van der Waals surface area (Å²) in [6.07, 6.45) is 0. The van der Waals surface area contributed by atoms with Crippen molar-refractivity contribution in [3.63, 3.8) is 0 Å². The number of nitrogens with zero attached hydrogens (tertiary/aromatic N) is 2. The zero-order valence-corrected chi connectivity index (χ0v) is 31.6. The highest BCUT2D eigenvalue weighted by Crippen LogP contribution is 2.51. The van der Waals surface area contributed by atoms with Crippen LogP contribution in [0.3, 0.4) is 0 Å². The van der Waals surface area contributed by atoms with Crippen LogP contribution in [-0.2, 0) is 5.41 Å². The van der Waals surface area contributed by atoms with Crippen LogP contribution in [0.4, 0.5) is 17.1 Å². The van der Waals surface area contributed by atoms with Crippen LogP contribution in [0.25, 0.3) is 65.3 Å². The van der Waals surface area contributed by atoms with Crippen LogP contribution in [0.5, 0.6) is 0 Å². The second-order valence-electron chi connectivity index (χ2n) is 14.9. The average Bonchev–Trinajstić information content (AvgIpc) is 3.78. The summed E-state index contributed by atoms with van der Waals surface area (Å²) in [7, 11) is 0. The lowest BCUT2D eigenvalue weighted by Crippen LogP contribution is -2.16. The van der Waals surface area contributed by atoms with Gasteiger partial charge in [0.25, 0.3) is 0 Å². The van der Waals surface area contributed by atoms with Crippen molar-refractivity contribution in [1.29, 1.82) is 0 Å². The molecule has 0 fully saturated rings.